The van der Waals surface area contributed by atoms with Crippen molar-refractivity contribution in [2.24, 2.45) is 0 Å². The molecule has 84 valence electrons. The molecule has 0 bridgehead atoms. The lowest BCUT2D eigenvalue weighted by molar-refractivity contribution is 0.112. The van der Waals surface area contributed by atoms with Crippen LogP contribution in [0.15, 0.2) is 0 Å². The van der Waals surface area contributed by atoms with Crippen LogP contribution in [0.4, 0.5) is 0 Å². The maximum absolute atomic E-state index is 10.9. The summed E-state index contributed by atoms with van der Waals surface area (Å²) in [6.07, 6.45) is 1.74. The normalized spacial score (nSPS) is 13.2. The van der Waals surface area contributed by atoms with Crippen molar-refractivity contribution in [1.29, 1.82) is 0 Å². The Labute approximate surface area is 95.4 Å². The van der Waals surface area contributed by atoms with Crippen LogP contribution < -0.4 is 0 Å². The van der Waals surface area contributed by atoms with Crippen LogP contribution >= 0.6 is 11.6 Å². The molecule has 1 unspecified atom stereocenters. The highest BCUT2D eigenvalue weighted by Gasteiger charge is 2.20. The molecule has 0 fully saturated rings. The van der Waals surface area contributed by atoms with Gasteiger partial charge in [0.15, 0.2) is 6.29 Å². The minimum Gasteiger partial charge on any atom is -0.298 e. The molecule has 1 heterocycles. The van der Waals surface area contributed by atoms with Crippen LogP contribution in [0.3, 0.4) is 0 Å². The summed E-state index contributed by atoms with van der Waals surface area (Å²) < 4.78 is 1.74. The zero-order valence-corrected chi connectivity index (χ0v) is 10.4. The molecule has 1 aromatic heterocycles. The fraction of sp³-hybridized carbons (Fsp3) is 0.636. The van der Waals surface area contributed by atoms with E-state index in [1.54, 1.807) is 4.68 Å². The van der Waals surface area contributed by atoms with Crippen LogP contribution in [0.2, 0.25) is 5.15 Å². The summed E-state index contributed by atoms with van der Waals surface area (Å²) in [5.74, 6) is 0.216. The maximum Gasteiger partial charge on any atom is 0.155 e. The molecular weight excluding hydrogens is 212 g/mol. The molecule has 0 aliphatic rings. The smallest absolute Gasteiger partial charge is 0.155 e. The van der Waals surface area contributed by atoms with Gasteiger partial charge >= 0.3 is 0 Å². The summed E-state index contributed by atoms with van der Waals surface area (Å²) in [5, 5.41) is 4.87. The Bertz CT molecular complexity index is 358. The van der Waals surface area contributed by atoms with E-state index in [1.165, 1.54) is 0 Å². The van der Waals surface area contributed by atoms with Crippen molar-refractivity contribution < 1.29 is 4.79 Å². The predicted molar refractivity (Wildman–Crippen MR) is 61.7 cm³/mol. The first kappa shape index (κ1) is 12.2. The van der Waals surface area contributed by atoms with E-state index < -0.39 is 0 Å². The molecule has 0 amide bonds. The van der Waals surface area contributed by atoms with Crippen LogP contribution in [0.5, 0.6) is 0 Å². The molecule has 0 aromatic carbocycles. The minimum absolute atomic E-state index is 0.216. The topological polar surface area (TPSA) is 34.9 Å². The first-order valence-corrected chi connectivity index (χ1v) is 5.63. The van der Waals surface area contributed by atoms with Gasteiger partial charge in [-0.2, -0.15) is 5.10 Å². The van der Waals surface area contributed by atoms with Crippen molar-refractivity contribution in [2.75, 3.05) is 0 Å². The van der Waals surface area contributed by atoms with E-state index in [4.69, 9.17) is 11.6 Å². The molecule has 0 radical (unpaired) electrons. The van der Waals surface area contributed by atoms with Gasteiger partial charge in [0.1, 0.15) is 5.15 Å². The Morgan fingerprint density at radius 1 is 1.47 bits per heavy atom. The second-order valence-corrected chi connectivity index (χ2v) is 4.42. The molecule has 1 rings (SSSR count). The zero-order valence-electron chi connectivity index (χ0n) is 9.62. The monoisotopic (exact) mass is 228 g/mol. The third kappa shape index (κ3) is 2.23. The Kier molecular flexibility index (Phi) is 3.91. The molecule has 0 aliphatic heterocycles. The zero-order chi connectivity index (χ0) is 11.6. The molecule has 3 nitrogen and oxygen atoms in total. The third-order valence-corrected chi connectivity index (χ3v) is 2.96. The molecule has 0 spiro atoms. The van der Waals surface area contributed by atoms with E-state index in [-0.39, 0.29) is 12.0 Å². The molecule has 0 aliphatic carbocycles. The van der Waals surface area contributed by atoms with Crippen LogP contribution in [0, 0.1) is 0 Å². The second-order valence-electron chi connectivity index (χ2n) is 4.06. The number of aldehydes is 1. The molecule has 0 N–H and O–H groups in total. The van der Waals surface area contributed by atoms with Crippen molar-refractivity contribution in [3.63, 3.8) is 0 Å². The van der Waals surface area contributed by atoms with Gasteiger partial charge in [-0.05, 0) is 19.3 Å². The lowest BCUT2D eigenvalue weighted by Crippen LogP contribution is -2.06. The number of halogens is 1. The van der Waals surface area contributed by atoms with Gasteiger partial charge in [-0.3, -0.25) is 9.48 Å². The lowest BCUT2D eigenvalue weighted by Gasteiger charge is -2.10. The number of aromatic nitrogens is 2. The Morgan fingerprint density at radius 3 is 2.40 bits per heavy atom. The van der Waals surface area contributed by atoms with E-state index in [0.29, 0.717) is 10.7 Å². The van der Waals surface area contributed by atoms with E-state index in [1.807, 2.05) is 20.8 Å². The first-order chi connectivity index (χ1) is 7.02. The van der Waals surface area contributed by atoms with Gasteiger partial charge in [0.05, 0.1) is 17.3 Å². The minimum atomic E-state index is 0.216. The molecule has 1 atom stereocenters. The van der Waals surface area contributed by atoms with Gasteiger partial charge in [-0.1, -0.05) is 32.4 Å². The third-order valence-electron chi connectivity index (χ3n) is 2.59. The molecular formula is C11H17ClN2O. The van der Waals surface area contributed by atoms with Crippen LogP contribution in [-0.2, 0) is 0 Å². The van der Waals surface area contributed by atoms with Crippen LogP contribution in [0.1, 0.15) is 62.1 Å². The van der Waals surface area contributed by atoms with Crippen LogP contribution in [0.25, 0.3) is 0 Å². The molecule has 15 heavy (non-hydrogen) atoms. The number of carbonyl (C=O) groups excluding carboxylic acids is 1. The lowest BCUT2D eigenvalue weighted by atomic mass is 10.1. The average Bonchev–Trinajstić information content (AvgIpc) is 2.54. The van der Waals surface area contributed by atoms with Gasteiger partial charge in [0.25, 0.3) is 0 Å². The van der Waals surface area contributed by atoms with Gasteiger partial charge < -0.3 is 0 Å². The van der Waals surface area contributed by atoms with Crippen molar-refractivity contribution in [1.82, 2.24) is 9.78 Å². The SMILES string of the molecule is CCC(C)n1nc(C(C)C)c(C=O)c1Cl. The van der Waals surface area contributed by atoms with Crippen LogP contribution in [-0.4, -0.2) is 16.1 Å². The first-order valence-electron chi connectivity index (χ1n) is 5.25. The van der Waals surface area contributed by atoms with Gasteiger partial charge in [-0.25, -0.2) is 0 Å². The van der Waals surface area contributed by atoms with Crippen molar-refractivity contribution in [3.8, 4) is 0 Å². The number of carbonyl (C=O) groups is 1. The highest BCUT2D eigenvalue weighted by molar-refractivity contribution is 6.32. The molecule has 1 aromatic rings. The number of nitrogens with zero attached hydrogens (tertiary/aromatic N) is 2. The average molecular weight is 229 g/mol. The summed E-state index contributed by atoms with van der Waals surface area (Å²) in [6, 6.07) is 0.226. The fourth-order valence-corrected chi connectivity index (χ4v) is 1.79. The van der Waals surface area contributed by atoms with E-state index in [0.717, 1.165) is 18.4 Å². The van der Waals surface area contributed by atoms with Crippen molar-refractivity contribution >= 4 is 17.9 Å². The van der Waals surface area contributed by atoms with E-state index in [9.17, 15) is 4.79 Å². The summed E-state index contributed by atoms with van der Waals surface area (Å²) in [6.45, 7) is 8.12. The van der Waals surface area contributed by atoms with Gasteiger partial charge in [0.2, 0.25) is 0 Å². The Hall–Kier alpha value is -0.830. The van der Waals surface area contributed by atoms with Crippen molar-refractivity contribution in [2.45, 2.75) is 46.1 Å². The summed E-state index contributed by atoms with van der Waals surface area (Å²) in [4.78, 5) is 10.9. The second kappa shape index (κ2) is 4.79. The molecule has 0 saturated carbocycles. The highest BCUT2D eigenvalue weighted by Crippen LogP contribution is 2.27. The van der Waals surface area contributed by atoms with E-state index in [2.05, 4.69) is 12.0 Å². The molecule has 0 saturated heterocycles. The fourth-order valence-electron chi connectivity index (χ4n) is 1.44. The quantitative estimate of drug-likeness (QED) is 0.740. The predicted octanol–water partition coefficient (Wildman–Crippen LogP) is 3.44. The van der Waals surface area contributed by atoms with E-state index >= 15 is 0 Å². The highest BCUT2D eigenvalue weighted by atomic mass is 35.5. The summed E-state index contributed by atoms with van der Waals surface area (Å²) >= 11 is 6.12. The van der Waals surface area contributed by atoms with Crippen molar-refractivity contribution in [3.05, 3.63) is 16.4 Å². The Balaban J connectivity index is 3.26. The van der Waals surface area contributed by atoms with Gasteiger partial charge in [0, 0.05) is 0 Å². The summed E-state index contributed by atoms with van der Waals surface area (Å²) in [7, 11) is 0. The van der Waals surface area contributed by atoms with Gasteiger partial charge in [-0.15, -0.1) is 0 Å². The molecule has 4 heteroatoms. The standard InChI is InChI=1S/C11H17ClN2O/c1-5-8(4)14-11(12)9(6-15)10(13-14)7(2)3/h6-8H,5H2,1-4H3. The maximum atomic E-state index is 10.9. The number of hydrogen-bond donors (Lipinski definition) is 0. The number of rotatable bonds is 4. The number of hydrogen-bond acceptors (Lipinski definition) is 2. The largest absolute Gasteiger partial charge is 0.298 e. The summed E-state index contributed by atoms with van der Waals surface area (Å²) in [5.41, 5.74) is 1.32. The Morgan fingerprint density at radius 2 is 2.07 bits per heavy atom.